The Morgan fingerprint density at radius 1 is 1.40 bits per heavy atom. The number of nitro groups is 1. The van der Waals surface area contributed by atoms with E-state index in [1.807, 2.05) is 12.1 Å². The van der Waals surface area contributed by atoms with Gasteiger partial charge in [0.15, 0.2) is 0 Å². The van der Waals surface area contributed by atoms with Gasteiger partial charge in [-0.15, -0.1) is 0 Å². The van der Waals surface area contributed by atoms with E-state index in [1.165, 1.54) is 0 Å². The summed E-state index contributed by atoms with van der Waals surface area (Å²) in [4.78, 5) is 12.9. The summed E-state index contributed by atoms with van der Waals surface area (Å²) in [5.74, 6) is 0. The van der Waals surface area contributed by atoms with Crippen LogP contribution < -0.4 is 5.32 Å². The average Bonchev–Trinajstić information content (AvgIpc) is 2.37. The molecule has 2 unspecified atom stereocenters. The molecule has 1 fully saturated rings. The normalized spacial score (nSPS) is 23.6. The van der Waals surface area contributed by atoms with Crippen LogP contribution in [0.3, 0.4) is 0 Å². The van der Waals surface area contributed by atoms with Gasteiger partial charge in [0.25, 0.3) is 5.69 Å². The Morgan fingerprint density at radius 3 is 2.60 bits per heavy atom. The first-order valence-corrected chi connectivity index (χ1v) is 6.82. The molecule has 1 heterocycles. The van der Waals surface area contributed by atoms with E-state index < -0.39 is 0 Å². The molecule has 1 N–H and O–H groups in total. The lowest BCUT2D eigenvalue weighted by molar-refractivity contribution is -0.384. The lowest BCUT2D eigenvalue weighted by Crippen LogP contribution is -2.44. The van der Waals surface area contributed by atoms with Crippen LogP contribution in [-0.4, -0.2) is 42.2 Å². The van der Waals surface area contributed by atoms with Crippen LogP contribution in [0.4, 0.5) is 11.4 Å². The molecule has 20 heavy (non-hydrogen) atoms. The molecule has 1 saturated heterocycles. The molecule has 1 aromatic carbocycles. The number of hydrogen-bond acceptors (Lipinski definition) is 5. The molecule has 0 saturated carbocycles. The highest BCUT2D eigenvalue weighted by Crippen LogP contribution is 2.26. The van der Waals surface area contributed by atoms with Crippen LogP contribution in [0.25, 0.3) is 0 Å². The van der Waals surface area contributed by atoms with Gasteiger partial charge in [-0.25, -0.2) is 0 Å². The predicted octanol–water partition coefficient (Wildman–Crippen LogP) is 2.25. The van der Waals surface area contributed by atoms with Gasteiger partial charge in [-0.2, -0.15) is 0 Å². The van der Waals surface area contributed by atoms with Crippen molar-refractivity contribution < 1.29 is 9.66 Å². The van der Waals surface area contributed by atoms with Gasteiger partial charge in [-0.3, -0.25) is 15.0 Å². The molecule has 2 atom stereocenters. The molecule has 0 radical (unpaired) electrons. The van der Waals surface area contributed by atoms with Crippen molar-refractivity contribution in [2.75, 3.05) is 25.5 Å². The number of nitro benzene ring substituents is 1. The van der Waals surface area contributed by atoms with Crippen molar-refractivity contribution in [1.29, 1.82) is 0 Å². The summed E-state index contributed by atoms with van der Waals surface area (Å²) in [7, 11) is 1.70. The molecule has 0 aromatic heterocycles. The summed E-state index contributed by atoms with van der Waals surface area (Å²) < 4.78 is 5.71. The topological polar surface area (TPSA) is 67.6 Å². The molecule has 0 spiro atoms. The van der Waals surface area contributed by atoms with Crippen molar-refractivity contribution in [3.8, 4) is 0 Å². The molecule has 2 rings (SSSR count). The summed E-state index contributed by atoms with van der Waals surface area (Å²) >= 11 is 0. The second-order valence-electron chi connectivity index (χ2n) is 5.31. The van der Waals surface area contributed by atoms with E-state index in [0.29, 0.717) is 5.69 Å². The minimum absolute atomic E-state index is 0.111. The first kappa shape index (κ1) is 14.7. The van der Waals surface area contributed by atoms with Crippen molar-refractivity contribution in [2.45, 2.75) is 32.6 Å². The van der Waals surface area contributed by atoms with E-state index >= 15 is 0 Å². The van der Waals surface area contributed by atoms with E-state index in [1.54, 1.807) is 13.1 Å². The zero-order chi connectivity index (χ0) is 14.7. The standard InChI is InChI=1S/C14H21N3O3/c1-10-7-16(8-11(2)20-10)9-12-4-5-14(17(18)19)13(6-12)15-3/h4-6,10-11,15H,7-9H2,1-3H3. The number of rotatable bonds is 4. The van der Waals surface area contributed by atoms with Crippen LogP contribution >= 0.6 is 0 Å². The van der Waals surface area contributed by atoms with Crippen LogP contribution in [0, 0.1) is 10.1 Å². The van der Waals surface area contributed by atoms with Gasteiger partial charge >= 0.3 is 0 Å². The average molecular weight is 279 g/mol. The minimum Gasteiger partial charge on any atom is -0.383 e. The third-order valence-electron chi connectivity index (χ3n) is 3.43. The molecule has 0 bridgehead atoms. The van der Waals surface area contributed by atoms with Crippen LogP contribution in [0.5, 0.6) is 0 Å². The molecule has 6 nitrogen and oxygen atoms in total. The number of hydrogen-bond donors (Lipinski definition) is 1. The largest absolute Gasteiger partial charge is 0.383 e. The van der Waals surface area contributed by atoms with Gasteiger partial charge in [0.1, 0.15) is 5.69 Å². The maximum absolute atomic E-state index is 10.9. The summed E-state index contributed by atoms with van der Waals surface area (Å²) in [6.45, 7) is 6.69. The Balaban J connectivity index is 2.11. The van der Waals surface area contributed by atoms with Gasteiger partial charge in [0.05, 0.1) is 17.1 Å². The monoisotopic (exact) mass is 279 g/mol. The van der Waals surface area contributed by atoms with E-state index in [0.717, 1.165) is 25.2 Å². The Kier molecular flexibility index (Phi) is 4.57. The van der Waals surface area contributed by atoms with Crippen molar-refractivity contribution in [2.24, 2.45) is 0 Å². The first-order chi connectivity index (χ1) is 9.49. The number of nitrogens with zero attached hydrogens (tertiary/aromatic N) is 2. The molecule has 1 aromatic rings. The fourth-order valence-corrected chi connectivity index (χ4v) is 2.71. The van der Waals surface area contributed by atoms with Gasteiger partial charge in [-0.1, -0.05) is 6.07 Å². The van der Waals surface area contributed by atoms with Crippen molar-refractivity contribution >= 4 is 11.4 Å². The molecule has 1 aliphatic heterocycles. The molecule has 1 aliphatic rings. The van der Waals surface area contributed by atoms with Gasteiger partial charge in [0.2, 0.25) is 0 Å². The number of morpholine rings is 1. The van der Waals surface area contributed by atoms with E-state index in [9.17, 15) is 10.1 Å². The zero-order valence-electron chi connectivity index (χ0n) is 12.1. The second kappa shape index (κ2) is 6.19. The van der Waals surface area contributed by atoms with E-state index in [4.69, 9.17) is 4.74 Å². The van der Waals surface area contributed by atoms with Crippen LogP contribution in [0.15, 0.2) is 18.2 Å². The molecular weight excluding hydrogens is 258 g/mol. The smallest absolute Gasteiger partial charge is 0.292 e. The maximum Gasteiger partial charge on any atom is 0.292 e. The summed E-state index contributed by atoms with van der Waals surface area (Å²) in [5, 5.41) is 13.8. The second-order valence-corrected chi connectivity index (χ2v) is 5.31. The number of anilines is 1. The van der Waals surface area contributed by atoms with E-state index in [-0.39, 0.29) is 22.8 Å². The highest BCUT2D eigenvalue weighted by atomic mass is 16.6. The molecular formula is C14H21N3O3. The van der Waals surface area contributed by atoms with Crippen molar-refractivity contribution in [3.63, 3.8) is 0 Å². The van der Waals surface area contributed by atoms with Gasteiger partial charge < -0.3 is 10.1 Å². The van der Waals surface area contributed by atoms with E-state index in [2.05, 4.69) is 24.1 Å². The quantitative estimate of drug-likeness (QED) is 0.676. The fraction of sp³-hybridized carbons (Fsp3) is 0.571. The lowest BCUT2D eigenvalue weighted by Gasteiger charge is -2.35. The Morgan fingerprint density at radius 2 is 2.05 bits per heavy atom. The van der Waals surface area contributed by atoms with Crippen LogP contribution in [-0.2, 0) is 11.3 Å². The van der Waals surface area contributed by atoms with Crippen LogP contribution in [0.2, 0.25) is 0 Å². The summed E-state index contributed by atoms with van der Waals surface area (Å²) in [6.07, 6.45) is 0.445. The fourth-order valence-electron chi connectivity index (χ4n) is 2.71. The number of benzene rings is 1. The lowest BCUT2D eigenvalue weighted by atomic mass is 10.1. The highest BCUT2D eigenvalue weighted by Gasteiger charge is 2.22. The van der Waals surface area contributed by atoms with Crippen molar-refractivity contribution in [3.05, 3.63) is 33.9 Å². The molecule has 6 heteroatoms. The predicted molar refractivity (Wildman–Crippen MR) is 77.9 cm³/mol. The minimum atomic E-state index is -0.367. The third-order valence-corrected chi connectivity index (χ3v) is 3.43. The third kappa shape index (κ3) is 3.46. The number of ether oxygens (including phenoxy) is 1. The molecule has 0 amide bonds. The summed E-state index contributed by atoms with van der Waals surface area (Å²) in [5.41, 5.74) is 1.74. The number of nitrogens with one attached hydrogen (secondary N) is 1. The van der Waals surface area contributed by atoms with Crippen molar-refractivity contribution in [1.82, 2.24) is 4.90 Å². The molecule has 0 aliphatic carbocycles. The molecule has 110 valence electrons. The highest BCUT2D eigenvalue weighted by molar-refractivity contribution is 5.62. The maximum atomic E-state index is 10.9. The Bertz CT molecular complexity index is 483. The Labute approximate surface area is 118 Å². The summed E-state index contributed by atoms with van der Waals surface area (Å²) in [6, 6.07) is 5.24. The van der Waals surface area contributed by atoms with Gasteiger partial charge in [0, 0.05) is 32.7 Å². The Hall–Kier alpha value is -1.66. The van der Waals surface area contributed by atoms with Gasteiger partial charge in [-0.05, 0) is 25.5 Å². The first-order valence-electron chi connectivity index (χ1n) is 6.82. The zero-order valence-corrected chi connectivity index (χ0v) is 12.1. The van der Waals surface area contributed by atoms with Crippen LogP contribution in [0.1, 0.15) is 19.4 Å². The SMILES string of the molecule is CNc1cc(CN2CC(C)OC(C)C2)ccc1[N+](=O)[O-].